The van der Waals surface area contributed by atoms with Crippen LogP contribution >= 0.6 is 0 Å². The molecule has 2 aliphatic carbocycles. The number of rotatable bonds is 8. The fraction of sp³-hybridized carbons (Fsp3) is 0.870. The first-order valence-electron chi connectivity index (χ1n) is 11.5. The fourth-order valence-electron chi connectivity index (χ4n) is 3.92. The maximum absolute atomic E-state index is 12.1. The Morgan fingerprint density at radius 3 is 1.87 bits per heavy atom. The number of amides is 1. The van der Waals surface area contributed by atoms with Gasteiger partial charge in [-0.05, 0) is 64.8 Å². The van der Waals surface area contributed by atoms with Gasteiger partial charge < -0.3 is 19.5 Å². The Morgan fingerprint density at radius 2 is 1.39 bits per heavy atom. The van der Waals surface area contributed by atoms with Crippen LogP contribution in [0.15, 0.2) is 0 Å². The van der Waals surface area contributed by atoms with Crippen molar-refractivity contribution in [3.63, 3.8) is 0 Å². The van der Waals surface area contributed by atoms with E-state index in [-0.39, 0.29) is 12.5 Å². The van der Waals surface area contributed by atoms with Crippen LogP contribution in [0.4, 0.5) is 4.79 Å². The number of nitrogens with zero attached hydrogens (tertiary/aromatic N) is 1. The molecule has 2 fully saturated rings. The van der Waals surface area contributed by atoms with E-state index < -0.39 is 17.7 Å². The van der Waals surface area contributed by atoms with Gasteiger partial charge in [0.15, 0.2) is 0 Å². The van der Waals surface area contributed by atoms with Crippen LogP contribution in [0.25, 0.3) is 0 Å². The Bertz CT molecular complexity index is 549. The lowest BCUT2D eigenvalue weighted by Crippen LogP contribution is -2.42. The van der Waals surface area contributed by atoms with Crippen LogP contribution in [-0.2, 0) is 23.8 Å². The summed E-state index contributed by atoms with van der Waals surface area (Å²) in [6, 6.07) is 0. The van der Waals surface area contributed by atoms with Crippen molar-refractivity contribution in [2.75, 3.05) is 40.4 Å². The molecule has 180 valence electrons. The van der Waals surface area contributed by atoms with Crippen molar-refractivity contribution in [1.29, 1.82) is 0 Å². The Balaban J connectivity index is 0.000000343. The van der Waals surface area contributed by atoms with Crippen LogP contribution in [0.1, 0.15) is 72.1 Å². The van der Waals surface area contributed by atoms with Gasteiger partial charge in [-0.3, -0.25) is 14.5 Å². The van der Waals surface area contributed by atoms with Crippen LogP contribution in [-0.4, -0.2) is 68.9 Å². The number of carbonyl (C=O) groups is 3. The summed E-state index contributed by atoms with van der Waals surface area (Å²) in [4.78, 5) is 35.7. The van der Waals surface area contributed by atoms with Crippen LogP contribution in [0.2, 0.25) is 0 Å². The Kier molecular flexibility index (Phi) is 12.5. The third-order valence-electron chi connectivity index (χ3n) is 5.56. The van der Waals surface area contributed by atoms with Gasteiger partial charge in [0.1, 0.15) is 12.1 Å². The highest BCUT2D eigenvalue weighted by atomic mass is 16.6. The Labute approximate surface area is 187 Å². The number of hydrogen-bond acceptors (Lipinski definition) is 7. The van der Waals surface area contributed by atoms with Crippen molar-refractivity contribution in [2.45, 2.75) is 77.7 Å². The van der Waals surface area contributed by atoms with Crippen LogP contribution in [0.3, 0.4) is 0 Å². The highest BCUT2D eigenvalue weighted by Crippen LogP contribution is 2.26. The van der Waals surface area contributed by atoms with Gasteiger partial charge in [-0.1, -0.05) is 25.7 Å². The lowest BCUT2D eigenvalue weighted by molar-refractivity contribution is -0.142. The predicted molar refractivity (Wildman–Crippen MR) is 119 cm³/mol. The molecule has 2 rings (SSSR count). The van der Waals surface area contributed by atoms with Gasteiger partial charge in [0.05, 0.1) is 20.8 Å². The first-order chi connectivity index (χ1) is 14.6. The zero-order valence-electron chi connectivity index (χ0n) is 20.0. The van der Waals surface area contributed by atoms with Crippen molar-refractivity contribution in [3.8, 4) is 0 Å². The highest BCUT2D eigenvalue weighted by Gasteiger charge is 2.27. The smallest absolute Gasteiger partial charge is 0.410 e. The van der Waals surface area contributed by atoms with E-state index in [1.165, 1.54) is 57.6 Å². The maximum atomic E-state index is 12.1. The van der Waals surface area contributed by atoms with Gasteiger partial charge in [-0.15, -0.1) is 0 Å². The minimum absolute atomic E-state index is 0.0398. The second-order valence-corrected chi connectivity index (χ2v) is 9.44. The summed E-state index contributed by atoms with van der Waals surface area (Å²) in [5.41, 5.74) is -0.554. The van der Waals surface area contributed by atoms with E-state index in [0.29, 0.717) is 19.0 Å². The molecule has 1 N–H and O–H groups in total. The molecule has 1 amide bonds. The van der Waals surface area contributed by atoms with E-state index in [4.69, 9.17) is 4.74 Å². The van der Waals surface area contributed by atoms with Crippen LogP contribution in [0, 0.1) is 11.8 Å². The fourth-order valence-corrected chi connectivity index (χ4v) is 3.92. The molecule has 0 heterocycles. The van der Waals surface area contributed by atoms with E-state index in [0.717, 1.165) is 25.3 Å². The molecule has 0 radical (unpaired) electrons. The first-order valence-corrected chi connectivity index (χ1v) is 11.5. The monoisotopic (exact) mass is 442 g/mol. The molecule has 0 aromatic heterocycles. The molecule has 0 aromatic rings. The minimum atomic E-state index is -0.554. The maximum Gasteiger partial charge on any atom is 0.410 e. The van der Waals surface area contributed by atoms with Crippen LogP contribution in [0.5, 0.6) is 0 Å². The molecule has 0 unspecified atom stereocenters. The average molecular weight is 443 g/mol. The second kappa shape index (κ2) is 14.3. The molecule has 0 spiro atoms. The molecule has 0 bridgehead atoms. The number of nitrogens with one attached hydrogen (secondary N) is 1. The van der Waals surface area contributed by atoms with E-state index in [1.807, 2.05) is 20.8 Å². The summed E-state index contributed by atoms with van der Waals surface area (Å²) in [5.74, 6) is 0.670. The molecule has 0 atom stereocenters. The van der Waals surface area contributed by atoms with Crippen LogP contribution < -0.4 is 5.32 Å². The van der Waals surface area contributed by atoms with Crippen molar-refractivity contribution in [3.05, 3.63) is 0 Å². The number of carbonyl (C=O) groups excluding carboxylic acids is 3. The number of methoxy groups -OCH3 is 2. The van der Waals surface area contributed by atoms with Crippen molar-refractivity contribution in [1.82, 2.24) is 10.2 Å². The molecule has 2 aliphatic rings. The number of ether oxygens (including phenoxy) is 3. The summed E-state index contributed by atoms with van der Waals surface area (Å²) in [7, 11) is 2.74. The third kappa shape index (κ3) is 12.6. The summed E-state index contributed by atoms with van der Waals surface area (Å²) in [5, 5.41) is 3.10. The lowest BCUT2D eigenvalue weighted by atomic mass is 10.1. The number of hydrogen-bond donors (Lipinski definition) is 1. The van der Waals surface area contributed by atoms with Crippen molar-refractivity contribution < 1.29 is 28.6 Å². The largest absolute Gasteiger partial charge is 0.468 e. The molecule has 8 nitrogen and oxygen atoms in total. The molecular formula is C23H42N2O6. The minimum Gasteiger partial charge on any atom is -0.468 e. The van der Waals surface area contributed by atoms with Crippen molar-refractivity contribution in [2.24, 2.45) is 11.8 Å². The summed E-state index contributed by atoms with van der Waals surface area (Å²) in [6.45, 7) is 7.30. The van der Waals surface area contributed by atoms with Gasteiger partial charge >= 0.3 is 18.0 Å². The van der Waals surface area contributed by atoms with Gasteiger partial charge in [-0.2, -0.15) is 0 Å². The van der Waals surface area contributed by atoms with Gasteiger partial charge in [0.2, 0.25) is 0 Å². The van der Waals surface area contributed by atoms with Gasteiger partial charge in [-0.25, -0.2) is 4.79 Å². The first kappa shape index (κ1) is 27.2. The molecular weight excluding hydrogens is 400 g/mol. The zero-order valence-corrected chi connectivity index (χ0v) is 20.0. The molecule has 0 aromatic carbocycles. The predicted octanol–water partition coefficient (Wildman–Crippen LogP) is 3.53. The summed E-state index contributed by atoms with van der Waals surface area (Å²) < 4.78 is 14.5. The van der Waals surface area contributed by atoms with E-state index in [1.54, 1.807) is 0 Å². The zero-order chi connectivity index (χ0) is 23.3. The van der Waals surface area contributed by atoms with E-state index in [9.17, 15) is 14.4 Å². The average Bonchev–Trinajstić information content (AvgIpc) is 3.40. The SMILES string of the molecule is COC(=O)CN(CC1CCCC1)C(=O)OC(C)(C)C.COC(=O)CNCC1CCCC1. The number of esters is 2. The Hall–Kier alpha value is -1.83. The summed E-state index contributed by atoms with van der Waals surface area (Å²) in [6.07, 6.45) is 9.51. The quantitative estimate of drug-likeness (QED) is 0.454. The molecule has 8 heteroatoms. The van der Waals surface area contributed by atoms with E-state index in [2.05, 4.69) is 14.8 Å². The van der Waals surface area contributed by atoms with E-state index >= 15 is 0 Å². The molecule has 2 saturated carbocycles. The van der Waals surface area contributed by atoms with Crippen molar-refractivity contribution >= 4 is 18.0 Å². The summed E-state index contributed by atoms with van der Waals surface area (Å²) >= 11 is 0. The highest BCUT2D eigenvalue weighted by molar-refractivity contribution is 5.78. The molecule has 0 aliphatic heterocycles. The Morgan fingerprint density at radius 1 is 0.871 bits per heavy atom. The van der Waals surface area contributed by atoms with Gasteiger partial charge in [0.25, 0.3) is 0 Å². The molecule has 0 saturated heterocycles. The second-order valence-electron chi connectivity index (χ2n) is 9.44. The normalized spacial score (nSPS) is 16.9. The lowest BCUT2D eigenvalue weighted by Gasteiger charge is -2.28. The topological polar surface area (TPSA) is 94.2 Å². The molecule has 31 heavy (non-hydrogen) atoms. The third-order valence-corrected chi connectivity index (χ3v) is 5.56. The van der Waals surface area contributed by atoms with Gasteiger partial charge in [0, 0.05) is 6.54 Å². The standard InChI is InChI=1S/C14H25NO4.C9H17NO2/c1-14(2,3)19-13(17)15(10-12(16)18-4)9-11-7-5-6-8-11;1-12-9(11)7-10-6-8-4-2-3-5-8/h11H,5-10H2,1-4H3;8,10H,2-7H2,1H3.